The number of amides is 2. The summed E-state index contributed by atoms with van der Waals surface area (Å²) < 4.78 is 10.1. The molecule has 1 aromatic rings. The number of terminal acetylenes is 1. The van der Waals surface area contributed by atoms with E-state index in [-0.39, 0.29) is 28.8 Å². The minimum Gasteiger partial charge on any atom is -0.426 e. The zero-order valence-corrected chi connectivity index (χ0v) is 21.2. The Labute approximate surface area is 214 Å². The SMILES string of the molecule is C#CCON=C(C(=O)N[C@@H]1C(=O)N2C(C(=O)OC(C)OC(C)=O)=C(C=CC)CS[C@@H]12)c1csc(N)n1. The first-order valence-electron chi connectivity index (χ1n) is 10.5. The first-order valence-corrected chi connectivity index (χ1v) is 12.4. The van der Waals surface area contributed by atoms with Crippen LogP contribution in [-0.2, 0) is 33.5 Å². The fraction of sp³-hybridized carbons (Fsp3) is 0.364. The minimum absolute atomic E-state index is 0.0184. The van der Waals surface area contributed by atoms with Crippen molar-refractivity contribution in [3.63, 3.8) is 0 Å². The lowest BCUT2D eigenvalue weighted by atomic mass is 10.0. The smallest absolute Gasteiger partial charge is 0.358 e. The van der Waals surface area contributed by atoms with Crippen molar-refractivity contribution in [1.29, 1.82) is 0 Å². The summed E-state index contributed by atoms with van der Waals surface area (Å²) in [7, 11) is 0. The fourth-order valence-corrected chi connectivity index (χ4v) is 5.24. The summed E-state index contributed by atoms with van der Waals surface area (Å²) in [5.41, 5.74) is 6.19. The first-order chi connectivity index (χ1) is 17.2. The van der Waals surface area contributed by atoms with Gasteiger partial charge in [-0.15, -0.1) is 29.5 Å². The first kappa shape index (κ1) is 26.8. The Morgan fingerprint density at radius 3 is 2.81 bits per heavy atom. The van der Waals surface area contributed by atoms with Gasteiger partial charge in [0, 0.05) is 25.0 Å². The number of thiazole rings is 1. The summed E-state index contributed by atoms with van der Waals surface area (Å²) in [6.45, 7) is 4.16. The van der Waals surface area contributed by atoms with Gasteiger partial charge in [0.1, 0.15) is 22.8 Å². The maximum atomic E-state index is 13.1. The maximum absolute atomic E-state index is 13.1. The van der Waals surface area contributed by atoms with Crippen LogP contribution in [0.2, 0.25) is 0 Å². The number of nitrogens with one attached hydrogen (secondary N) is 1. The number of nitrogens with two attached hydrogens (primary N) is 1. The molecule has 1 saturated heterocycles. The summed E-state index contributed by atoms with van der Waals surface area (Å²) in [6.07, 6.45) is 7.42. The molecule has 190 valence electrons. The minimum atomic E-state index is -1.15. The van der Waals surface area contributed by atoms with Crippen molar-refractivity contribution in [2.45, 2.75) is 38.5 Å². The van der Waals surface area contributed by atoms with Crippen molar-refractivity contribution < 1.29 is 33.5 Å². The largest absolute Gasteiger partial charge is 0.426 e. The van der Waals surface area contributed by atoms with Gasteiger partial charge in [-0.2, -0.15) is 0 Å². The van der Waals surface area contributed by atoms with E-state index in [1.807, 2.05) is 0 Å². The van der Waals surface area contributed by atoms with E-state index in [0.717, 1.165) is 11.3 Å². The van der Waals surface area contributed by atoms with Crippen LogP contribution in [0, 0.1) is 12.3 Å². The molecule has 3 rings (SSSR count). The van der Waals surface area contributed by atoms with Crippen molar-refractivity contribution >= 4 is 57.7 Å². The molecule has 0 aromatic carbocycles. The van der Waals surface area contributed by atoms with E-state index in [9.17, 15) is 19.2 Å². The molecule has 3 heterocycles. The number of allylic oxidation sites excluding steroid dienone is 2. The summed E-state index contributed by atoms with van der Waals surface area (Å²) in [4.78, 5) is 60.4. The van der Waals surface area contributed by atoms with Gasteiger partial charge in [-0.05, 0) is 12.5 Å². The van der Waals surface area contributed by atoms with Crippen LogP contribution in [-0.4, -0.2) is 69.4 Å². The van der Waals surface area contributed by atoms with Gasteiger partial charge in [0.25, 0.3) is 11.8 Å². The highest BCUT2D eigenvalue weighted by molar-refractivity contribution is 8.00. The molecule has 36 heavy (non-hydrogen) atoms. The quantitative estimate of drug-likeness (QED) is 0.0881. The molecule has 2 aliphatic rings. The highest BCUT2D eigenvalue weighted by Gasteiger charge is 2.54. The Hall–Kier alpha value is -3.83. The number of anilines is 1. The van der Waals surface area contributed by atoms with E-state index in [4.69, 9.17) is 26.5 Å². The average Bonchev–Trinajstić information content (AvgIpc) is 3.25. The number of oxime groups is 1. The summed E-state index contributed by atoms with van der Waals surface area (Å²) in [5, 5.41) is 7.52. The van der Waals surface area contributed by atoms with Crippen molar-refractivity contribution in [3.05, 3.63) is 34.5 Å². The number of nitrogen functional groups attached to an aromatic ring is 1. The molecule has 2 amide bonds. The van der Waals surface area contributed by atoms with Crippen molar-refractivity contribution in [2.24, 2.45) is 5.16 Å². The molecule has 0 saturated carbocycles. The predicted octanol–water partition coefficient (Wildman–Crippen LogP) is 0.762. The van der Waals surface area contributed by atoms with Gasteiger partial charge in [-0.1, -0.05) is 23.2 Å². The third-order valence-electron chi connectivity index (χ3n) is 4.73. The van der Waals surface area contributed by atoms with Crippen molar-refractivity contribution in [1.82, 2.24) is 15.2 Å². The monoisotopic (exact) mass is 533 g/mol. The molecule has 14 heteroatoms. The molecule has 1 unspecified atom stereocenters. The number of fused-ring (bicyclic) bond motifs is 1. The van der Waals surface area contributed by atoms with Crippen LogP contribution >= 0.6 is 23.1 Å². The summed E-state index contributed by atoms with van der Waals surface area (Å²) >= 11 is 2.45. The number of ether oxygens (including phenoxy) is 2. The molecule has 3 N–H and O–H groups in total. The number of thioether (sulfide) groups is 1. The average molecular weight is 534 g/mol. The van der Waals surface area contributed by atoms with Crippen LogP contribution in [0.15, 0.2) is 34.0 Å². The molecule has 2 aliphatic heterocycles. The number of nitrogens with zero attached hydrogens (tertiary/aromatic N) is 3. The van der Waals surface area contributed by atoms with Crippen LogP contribution in [0.5, 0.6) is 0 Å². The molecule has 0 aliphatic carbocycles. The van der Waals surface area contributed by atoms with Crippen molar-refractivity contribution in [3.8, 4) is 12.3 Å². The lowest BCUT2D eigenvalue weighted by Gasteiger charge is -2.49. The van der Waals surface area contributed by atoms with Gasteiger partial charge < -0.3 is 25.4 Å². The van der Waals surface area contributed by atoms with Crippen LogP contribution in [0.1, 0.15) is 26.5 Å². The number of hydrogen-bond donors (Lipinski definition) is 2. The Morgan fingerprint density at radius 1 is 1.44 bits per heavy atom. The highest BCUT2D eigenvalue weighted by Crippen LogP contribution is 2.41. The topological polar surface area (TPSA) is 163 Å². The lowest BCUT2D eigenvalue weighted by molar-refractivity contribution is -0.182. The number of hydrogen-bond acceptors (Lipinski definition) is 12. The maximum Gasteiger partial charge on any atom is 0.358 e. The molecule has 1 fully saturated rings. The lowest BCUT2D eigenvalue weighted by Crippen LogP contribution is -2.71. The van der Waals surface area contributed by atoms with Gasteiger partial charge >= 0.3 is 11.9 Å². The number of esters is 2. The zero-order valence-electron chi connectivity index (χ0n) is 19.5. The van der Waals surface area contributed by atoms with E-state index in [2.05, 4.69) is 21.4 Å². The van der Waals surface area contributed by atoms with E-state index in [1.54, 1.807) is 19.1 Å². The molecule has 3 atom stereocenters. The summed E-state index contributed by atoms with van der Waals surface area (Å²) in [5.74, 6) is -0.116. The Bertz CT molecular complexity index is 1200. The second-order valence-corrected chi connectivity index (χ2v) is 9.30. The molecule has 0 radical (unpaired) electrons. The second-order valence-electron chi connectivity index (χ2n) is 7.31. The second kappa shape index (κ2) is 11.7. The number of aromatic nitrogens is 1. The number of carbonyl (C=O) groups excluding carboxylic acids is 4. The van der Waals surface area contributed by atoms with Crippen molar-refractivity contribution in [2.75, 3.05) is 18.1 Å². The van der Waals surface area contributed by atoms with Gasteiger partial charge in [0.05, 0.1) is 0 Å². The standard InChI is InChI=1S/C22H23N5O7S2/c1-5-7-13-9-35-20-16(19(30)27(20)17(13)21(31)34-12(4)33-11(3)28)25-18(29)15(26-32-8-6-2)14-10-36-22(23)24-14/h2,5,7,10,12,16,20H,8-9H2,1,3-4H3,(H2,23,24)(H,25,29)/t12?,16-,20+/m1/s1. The van der Waals surface area contributed by atoms with E-state index < -0.39 is 41.5 Å². The van der Waals surface area contributed by atoms with E-state index in [1.165, 1.54) is 35.9 Å². The van der Waals surface area contributed by atoms with Crippen LogP contribution < -0.4 is 11.1 Å². The normalized spacial score (nSPS) is 20.2. The molecule has 0 bridgehead atoms. The van der Waals surface area contributed by atoms with Gasteiger partial charge in [0.2, 0.25) is 6.29 Å². The number of β-lactam (4-membered cyclic amide) rings is 1. The van der Waals surface area contributed by atoms with E-state index >= 15 is 0 Å². The van der Waals surface area contributed by atoms with Crippen LogP contribution in [0.3, 0.4) is 0 Å². The number of carbonyl (C=O) groups is 4. The molecule has 1 aromatic heterocycles. The highest BCUT2D eigenvalue weighted by atomic mass is 32.2. The molecular formula is C22H23N5O7S2. The number of rotatable bonds is 9. The predicted molar refractivity (Wildman–Crippen MR) is 132 cm³/mol. The van der Waals surface area contributed by atoms with Crippen LogP contribution in [0.25, 0.3) is 0 Å². The zero-order chi connectivity index (χ0) is 26.4. The van der Waals surface area contributed by atoms with Gasteiger partial charge in [-0.3, -0.25) is 19.3 Å². The van der Waals surface area contributed by atoms with Gasteiger partial charge in [-0.25, -0.2) is 9.78 Å². The Morgan fingerprint density at radius 2 is 2.19 bits per heavy atom. The third-order valence-corrected chi connectivity index (χ3v) is 6.71. The Balaban J connectivity index is 1.80. The van der Waals surface area contributed by atoms with E-state index in [0.29, 0.717) is 11.3 Å². The fourth-order valence-electron chi connectivity index (χ4n) is 3.37. The third kappa shape index (κ3) is 5.86. The van der Waals surface area contributed by atoms with Gasteiger partial charge in [0.15, 0.2) is 17.5 Å². The summed E-state index contributed by atoms with van der Waals surface area (Å²) in [6, 6.07) is -0.961. The van der Waals surface area contributed by atoms with Crippen LogP contribution in [0.4, 0.5) is 5.13 Å². The molecule has 12 nitrogen and oxygen atoms in total. The molecular weight excluding hydrogens is 510 g/mol. The Kier molecular flexibility index (Phi) is 8.73. The molecule has 0 spiro atoms.